The number of ether oxygens (including phenoxy) is 1. The second-order valence-electron chi connectivity index (χ2n) is 4.21. The molecule has 2 rings (SSSR count). The number of urea groups is 1. The highest BCUT2D eigenvalue weighted by Gasteiger charge is 2.15. The van der Waals surface area contributed by atoms with Gasteiger partial charge < -0.3 is 15.4 Å². The lowest BCUT2D eigenvalue weighted by Gasteiger charge is -2.11. The zero-order valence-electron chi connectivity index (χ0n) is 9.99. The van der Waals surface area contributed by atoms with Gasteiger partial charge in [-0.3, -0.25) is 0 Å². The van der Waals surface area contributed by atoms with Crippen LogP contribution in [0.1, 0.15) is 22.6 Å². The van der Waals surface area contributed by atoms with Gasteiger partial charge in [0.1, 0.15) is 0 Å². The maximum Gasteiger partial charge on any atom is 0.315 e. The molecule has 5 heteroatoms. The predicted molar refractivity (Wildman–Crippen MR) is 68.3 cm³/mol. The number of nitrogens with one attached hydrogen (secondary N) is 2. The number of rotatable bonds is 4. The molecular formula is C12H18N2O2S. The van der Waals surface area contributed by atoms with Gasteiger partial charge >= 0.3 is 6.03 Å². The van der Waals surface area contributed by atoms with Crippen molar-refractivity contribution in [3.63, 3.8) is 0 Å². The Bertz CT molecular complexity index is 372. The maximum atomic E-state index is 11.5. The molecule has 2 heterocycles. The van der Waals surface area contributed by atoms with Gasteiger partial charge in [-0.15, -0.1) is 11.3 Å². The van der Waals surface area contributed by atoms with Gasteiger partial charge in [-0.25, -0.2) is 4.79 Å². The van der Waals surface area contributed by atoms with E-state index in [2.05, 4.69) is 23.6 Å². The van der Waals surface area contributed by atoms with Crippen molar-refractivity contribution in [2.24, 2.45) is 0 Å². The lowest BCUT2D eigenvalue weighted by Crippen LogP contribution is -2.39. The first-order chi connectivity index (χ1) is 8.24. The minimum Gasteiger partial charge on any atom is -0.376 e. The predicted octanol–water partition coefficient (Wildman–Crippen LogP) is 2.03. The molecule has 1 atom stereocenters. The summed E-state index contributed by atoms with van der Waals surface area (Å²) in [7, 11) is 0. The van der Waals surface area contributed by atoms with E-state index in [1.807, 2.05) is 6.07 Å². The third kappa shape index (κ3) is 4.02. The smallest absolute Gasteiger partial charge is 0.315 e. The van der Waals surface area contributed by atoms with Gasteiger partial charge in [0, 0.05) is 22.9 Å². The Morgan fingerprint density at radius 1 is 1.53 bits per heavy atom. The van der Waals surface area contributed by atoms with Crippen molar-refractivity contribution in [1.82, 2.24) is 10.6 Å². The van der Waals surface area contributed by atoms with E-state index < -0.39 is 0 Å². The second kappa shape index (κ2) is 6.02. The summed E-state index contributed by atoms with van der Waals surface area (Å²) in [6.45, 7) is 4.08. The molecule has 0 radical (unpaired) electrons. The molecule has 1 aromatic heterocycles. The average molecular weight is 254 g/mol. The van der Waals surface area contributed by atoms with Gasteiger partial charge in [0.2, 0.25) is 0 Å². The van der Waals surface area contributed by atoms with Gasteiger partial charge in [-0.2, -0.15) is 0 Å². The third-order valence-corrected chi connectivity index (χ3v) is 3.73. The number of hydrogen-bond donors (Lipinski definition) is 2. The zero-order chi connectivity index (χ0) is 12.1. The molecule has 1 aliphatic heterocycles. The van der Waals surface area contributed by atoms with Crippen LogP contribution in [0.4, 0.5) is 4.79 Å². The van der Waals surface area contributed by atoms with Crippen LogP contribution in [0.2, 0.25) is 0 Å². The fourth-order valence-electron chi connectivity index (χ4n) is 1.82. The van der Waals surface area contributed by atoms with Gasteiger partial charge in [0.25, 0.3) is 0 Å². The van der Waals surface area contributed by atoms with Crippen molar-refractivity contribution in [2.75, 3.05) is 13.2 Å². The Morgan fingerprint density at radius 2 is 2.41 bits per heavy atom. The van der Waals surface area contributed by atoms with Crippen LogP contribution in [-0.4, -0.2) is 25.3 Å². The van der Waals surface area contributed by atoms with Crippen molar-refractivity contribution in [3.8, 4) is 0 Å². The molecule has 1 aliphatic rings. The van der Waals surface area contributed by atoms with E-state index in [9.17, 15) is 4.79 Å². The van der Waals surface area contributed by atoms with Crippen LogP contribution in [0, 0.1) is 6.92 Å². The van der Waals surface area contributed by atoms with Crippen molar-refractivity contribution in [3.05, 3.63) is 21.9 Å². The molecule has 0 bridgehead atoms. The Kier molecular flexibility index (Phi) is 4.39. The first kappa shape index (κ1) is 12.4. The Hall–Kier alpha value is -1.07. The first-order valence-corrected chi connectivity index (χ1v) is 6.74. The zero-order valence-corrected chi connectivity index (χ0v) is 10.8. The maximum absolute atomic E-state index is 11.5. The standard InChI is InChI=1S/C12H18N2O2S/c1-9-4-5-11(17-9)8-14-12(15)13-7-10-3-2-6-16-10/h4-5,10H,2-3,6-8H2,1H3,(H2,13,14,15)/t10-/m1/s1. The summed E-state index contributed by atoms with van der Waals surface area (Å²) in [6.07, 6.45) is 2.34. The lowest BCUT2D eigenvalue weighted by atomic mass is 10.2. The van der Waals surface area contributed by atoms with Crippen LogP contribution < -0.4 is 10.6 Å². The molecule has 0 unspecified atom stereocenters. The minimum atomic E-state index is -0.119. The molecule has 1 saturated heterocycles. The molecule has 1 aromatic rings. The Balaban J connectivity index is 1.63. The van der Waals surface area contributed by atoms with Crippen LogP contribution in [0.3, 0.4) is 0 Å². The molecule has 94 valence electrons. The summed E-state index contributed by atoms with van der Waals surface area (Å²) in [4.78, 5) is 13.9. The van der Waals surface area contributed by atoms with Crippen LogP contribution in [0.5, 0.6) is 0 Å². The highest BCUT2D eigenvalue weighted by Crippen LogP contribution is 2.14. The largest absolute Gasteiger partial charge is 0.376 e. The van der Waals surface area contributed by atoms with Crippen molar-refractivity contribution < 1.29 is 9.53 Å². The van der Waals surface area contributed by atoms with E-state index in [0.29, 0.717) is 13.1 Å². The molecule has 0 saturated carbocycles. The summed E-state index contributed by atoms with van der Waals surface area (Å²) in [6, 6.07) is 3.98. The number of amides is 2. The summed E-state index contributed by atoms with van der Waals surface area (Å²) in [5, 5.41) is 5.67. The van der Waals surface area contributed by atoms with E-state index in [-0.39, 0.29) is 12.1 Å². The number of carbonyl (C=O) groups is 1. The van der Waals surface area contributed by atoms with Crippen LogP contribution in [0.15, 0.2) is 12.1 Å². The van der Waals surface area contributed by atoms with E-state index in [1.165, 1.54) is 9.75 Å². The lowest BCUT2D eigenvalue weighted by molar-refractivity contribution is 0.111. The molecule has 2 amide bonds. The van der Waals surface area contributed by atoms with Gasteiger partial charge in [0.15, 0.2) is 0 Å². The highest BCUT2D eigenvalue weighted by molar-refractivity contribution is 7.11. The molecule has 0 aromatic carbocycles. The molecule has 0 spiro atoms. The van der Waals surface area contributed by atoms with Crippen LogP contribution >= 0.6 is 11.3 Å². The van der Waals surface area contributed by atoms with E-state index in [0.717, 1.165) is 19.4 Å². The SMILES string of the molecule is Cc1ccc(CNC(=O)NC[C@H]2CCCO2)s1. The molecule has 1 fully saturated rings. The first-order valence-electron chi connectivity index (χ1n) is 5.92. The van der Waals surface area contributed by atoms with E-state index in [4.69, 9.17) is 4.74 Å². The Labute approximate surface area is 105 Å². The fourth-order valence-corrected chi connectivity index (χ4v) is 2.65. The minimum absolute atomic E-state index is 0.119. The molecule has 17 heavy (non-hydrogen) atoms. The summed E-state index contributed by atoms with van der Waals surface area (Å²) >= 11 is 1.71. The topological polar surface area (TPSA) is 50.4 Å². The highest BCUT2D eigenvalue weighted by atomic mass is 32.1. The molecule has 2 N–H and O–H groups in total. The second-order valence-corrected chi connectivity index (χ2v) is 5.58. The number of aryl methyl sites for hydroxylation is 1. The van der Waals surface area contributed by atoms with E-state index in [1.54, 1.807) is 11.3 Å². The number of thiophene rings is 1. The van der Waals surface area contributed by atoms with Gasteiger partial charge in [0.05, 0.1) is 12.6 Å². The molecule has 4 nitrogen and oxygen atoms in total. The van der Waals surface area contributed by atoms with Gasteiger partial charge in [-0.1, -0.05) is 0 Å². The van der Waals surface area contributed by atoms with Gasteiger partial charge in [-0.05, 0) is 31.9 Å². The molecular weight excluding hydrogens is 236 g/mol. The average Bonchev–Trinajstić information content (AvgIpc) is 2.95. The summed E-state index contributed by atoms with van der Waals surface area (Å²) in [5.41, 5.74) is 0. The monoisotopic (exact) mass is 254 g/mol. The fraction of sp³-hybridized carbons (Fsp3) is 0.583. The number of hydrogen-bond acceptors (Lipinski definition) is 3. The van der Waals surface area contributed by atoms with Crippen LogP contribution in [0.25, 0.3) is 0 Å². The van der Waals surface area contributed by atoms with Crippen molar-refractivity contribution in [2.45, 2.75) is 32.4 Å². The summed E-state index contributed by atoms with van der Waals surface area (Å²) < 4.78 is 5.43. The normalized spacial score (nSPS) is 19.2. The van der Waals surface area contributed by atoms with E-state index >= 15 is 0 Å². The van der Waals surface area contributed by atoms with Crippen molar-refractivity contribution >= 4 is 17.4 Å². The van der Waals surface area contributed by atoms with Crippen LogP contribution in [-0.2, 0) is 11.3 Å². The quantitative estimate of drug-likeness (QED) is 0.864. The van der Waals surface area contributed by atoms with Crippen molar-refractivity contribution in [1.29, 1.82) is 0 Å². The third-order valence-electron chi connectivity index (χ3n) is 2.73. The summed E-state index contributed by atoms with van der Waals surface area (Å²) in [5.74, 6) is 0. The molecule has 0 aliphatic carbocycles. The Morgan fingerprint density at radius 3 is 3.06 bits per heavy atom. The number of carbonyl (C=O) groups excluding carboxylic acids is 1.